The summed E-state index contributed by atoms with van der Waals surface area (Å²) in [5.41, 5.74) is 2.59. The largest absolute Gasteiger partial charge is 0.461 e. The zero-order valence-electron chi connectivity index (χ0n) is 12.3. The molecule has 0 atom stereocenters. The van der Waals surface area contributed by atoms with Gasteiger partial charge in [0.25, 0.3) is 0 Å². The first-order valence-corrected chi connectivity index (χ1v) is 8.45. The normalized spacial score (nSPS) is 11.5. The molecule has 0 N–H and O–H groups in total. The Kier molecular flexibility index (Phi) is 3.80. The van der Waals surface area contributed by atoms with Crippen molar-refractivity contribution in [3.05, 3.63) is 76.8 Å². The number of furan rings is 1. The number of ketones is 1. The highest BCUT2D eigenvalue weighted by atomic mass is 35.5. The van der Waals surface area contributed by atoms with Crippen LogP contribution in [0.2, 0.25) is 5.02 Å². The smallest absolute Gasteiger partial charge is 0.221 e. The number of allylic oxidation sites excluding steroid dienone is 1. The molecule has 3 heterocycles. The number of carbonyl (C=O) groups is 1. The van der Waals surface area contributed by atoms with Gasteiger partial charge in [-0.05, 0) is 36.4 Å². The molecule has 0 aliphatic heterocycles. The van der Waals surface area contributed by atoms with E-state index >= 15 is 0 Å². The summed E-state index contributed by atoms with van der Waals surface area (Å²) in [5, 5.41) is 2.63. The molecular formula is C18H11ClN2O2S. The summed E-state index contributed by atoms with van der Waals surface area (Å²) in [6.45, 7) is 0. The number of halogens is 1. The topological polar surface area (TPSA) is 47.5 Å². The van der Waals surface area contributed by atoms with Crippen LogP contribution in [0.1, 0.15) is 16.2 Å². The van der Waals surface area contributed by atoms with Crippen LogP contribution in [-0.2, 0) is 0 Å². The Labute approximate surface area is 146 Å². The molecule has 3 aromatic heterocycles. The van der Waals surface area contributed by atoms with Crippen LogP contribution in [0.5, 0.6) is 0 Å². The molecule has 0 radical (unpaired) electrons. The van der Waals surface area contributed by atoms with Crippen molar-refractivity contribution in [2.45, 2.75) is 0 Å². The van der Waals surface area contributed by atoms with Crippen LogP contribution in [0, 0.1) is 0 Å². The Hall–Kier alpha value is -2.63. The van der Waals surface area contributed by atoms with E-state index in [4.69, 9.17) is 16.0 Å². The van der Waals surface area contributed by atoms with E-state index in [-0.39, 0.29) is 5.78 Å². The number of aromatic nitrogens is 2. The van der Waals surface area contributed by atoms with Crippen LogP contribution >= 0.6 is 22.9 Å². The number of benzene rings is 1. The molecule has 0 aliphatic carbocycles. The summed E-state index contributed by atoms with van der Waals surface area (Å²) in [4.78, 5) is 17.7. The van der Waals surface area contributed by atoms with E-state index in [1.54, 1.807) is 29.5 Å². The minimum Gasteiger partial charge on any atom is -0.461 e. The molecule has 0 spiro atoms. The Morgan fingerprint density at radius 2 is 2.08 bits per heavy atom. The number of rotatable bonds is 4. The van der Waals surface area contributed by atoms with Crippen molar-refractivity contribution in [2.24, 2.45) is 0 Å². The van der Waals surface area contributed by atoms with Gasteiger partial charge < -0.3 is 4.42 Å². The first-order valence-electron chi connectivity index (χ1n) is 7.20. The van der Waals surface area contributed by atoms with Gasteiger partial charge in [-0.15, -0.1) is 11.3 Å². The summed E-state index contributed by atoms with van der Waals surface area (Å²) >= 11 is 7.50. The van der Waals surface area contributed by atoms with Gasteiger partial charge >= 0.3 is 0 Å². The highest BCUT2D eigenvalue weighted by Gasteiger charge is 2.13. The molecule has 0 unspecified atom stereocenters. The Balaban J connectivity index is 1.78. The molecular weight excluding hydrogens is 344 g/mol. The number of carbonyl (C=O) groups excluding carboxylic acids is 1. The lowest BCUT2D eigenvalue weighted by atomic mass is 10.1. The van der Waals surface area contributed by atoms with Crippen LogP contribution in [0.4, 0.5) is 0 Å². The summed E-state index contributed by atoms with van der Waals surface area (Å²) in [6, 6.07) is 10.8. The van der Waals surface area contributed by atoms with Crippen molar-refractivity contribution >= 4 is 39.8 Å². The third kappa shape index (κ3) is 2.68. The number of thiazole rings is 1. The molecule has 0 aliphatic rings. The van der Waals surface area contributed by atoms with Crippen LogP contribution in [0.15, 0.2) is 64.7 Å². The average molecular weight is 355 g/mol. The van der Waals surface area contributed by atoms with Gasteiger partial charge in [-0.3, -0.25) is 9.20 Å². The fraction of sp³-hybridized carbons (Fsp3) is 0. The molecule has 0 amide bonds. The van der Waals surface area contributed by atoms with E-state index in [0.29, 0.717) is 10.8 Å². The van der Waals surface area contributed by atoms with Gasteiger partial charge in [0, 0.05) is 22.2 Å². The van der Waals surface area contributed by atoms with Crippen molar-refractivity contribution in [1.29, 1.82) is 0 Å². The lowest BCUT2D eigenvalue weighted by Gasteiger charge is -2.00. The summed E-state index contributed by atoms with van der Waals surface area (Å²) < 4.78 is 7.09. The summed E-state index contributed by atoms with van der Waals surface area (Å²) in [5.74, 6) is 0.123. The van der Waals surface area contributed by atoms with Crippen LogP contribution in [0.25, 0.3) is 22.3 Å². The minimum absolute atomic E-state index is 0.188. The highest BCUT2D eigenvalue weighted by Crippen LogP contribution is 2.28. The first kappa shape index (κ1) is 14.9. The third-order valence-corrected chi connectivity index (χ3v) is 4.58. The van der Waals surface area contributed by atoms with E-state index in [1.807, 2.05) is 40.2 Å². The fourth-order valence-corrected chi connectivity index (χ4v) is 3.29. The minimum atomic E-state index is -0.188. The van der Waals surface area contributed by atoms with Gasteiger partial charge in [0.15, 0.2) is 10.7 Å². The van der Waals surface area contributed by atoms with E-state index in [0.717, 1.165) is 21.9 Å². The highest BCUT2D eigenvalue weighted by molar-refractivity contribution is 7.15. The van der Waals surface area contributed by atoms with E-state index in [2.05, 4.69) is 4.98 Å². The molecule has 4 nitrogen and oxygen atoms in total. The second kappa shape index (κ2) is 6.11. The van der Waals surface area contributed by atoms with E-state index in [1.165, 1.54) is 12.3 Å². The Morgan fingerprint density at radius 3 is 2.83 bits per heavy atom. The zero-order valence-corrected chi connectivity index (χ0v) is 13.9. The Morgan fingerprint density at radius 1 is 1.25 bits per heavy atom. The number of hydrogen-bond donors (Lipinski definition) is 0. The molecule has 4 aromatic rings. The van der Waals surface area contributed by atoms with E-state index in [9.17, 15) is 4.79 Å². The maximum absolute atomic E-state index is 12.1. The fourth-order valence-electron chi connectivity index (χ4n) is 2.44. The number of hydrogen-bond acceptors (Lipinski definition) is 4. The van der Waals surface area contributed by atoms with Crippen molar-refractivity contribution in [3.63, 3.8) is 0 Å². The van der Waals surface area contributed by atoms with Crippen molar-refractivity contribution in [3.8, 4) is 11.3 Å². The van der Waals surface area contributed by atoms with Crippen molar-refractivity contribution in [2.75, 3.05) is 0 Å². The lowest BCUT2D eigenvalue weighted by Crippen LogP contribution is -1.92. The lowest BCUT2D eigenvalue weighted by molar-refractivity contribution is 0.102. The molecule has 0 saturated heterocycles. The van der Waals surface area contributed by atoms with Crippen molar-refractivity contribution < 1.29 is 9.21 Å². The molecule has 6 heteroatoms. The predicted molar refractivity (Wildman–Crippen MR) is 95.6 cm³/mol. The molecule has 118 valence electrons. The van der Waals surface area contributed by atoms with Gasteiger partial charge in [-0.2, -0.15) is 0 Å². The third-order valence-electron chi connectivity index (χ3n) is 3.57. The van der Waals surface area contributed by atoms with Gasteiger partial charge in [-0.25, -0.2) is 4.98 Å². The van der Waals surface area contributed by atoms with Crippen LogP contribution in [0.3, 0.4) is 0 Å². The molecule has 0 saturated carbocycles. The molecule has 24 heavy (non-hydrogen) atoms. The quantitative estimate of drug-likeness (QED) is 0.373. The maximum Gasteiger partial charge on any atom is 0.221 e. The molecule has 0 bridgehead atoms. The zero-order chi connectivity index (χ0) is 16.5. The molecule has 1 aromatic carbocycles. The standard InChI is InChI=1S/C18H11ClN2O2S/c19-13-5-3-12(4-6-13)17-14(21-9-11-24-18(21)20-17)7-8-15(22)16-2-1-10-23-16/h1-11H. The number of imidazole rings is 1. The summed E-state index contributed by atoms with van der Waals surface area (Å²) in [7, 11) is 0. The second-order valence-corrected chi connectivity index (χ2v) is 6.39. The first-order chi connectivity index (χ1) is 11.7. The van der Waals surface area contributed by atoms with E-state index < -0.39 is 0 Å². The van der Waals surface area contributed by atoms with Gasteiger partial charge in [-0.1, -0.05) is 23.7 Å². The maximum atomic E-state index is 12.1. The van der Waals surface area contributed by atoms with Gasteiger partial charge in [0.05, 0.1) is 17.7 Å². The van der Waals surface area contributed by atoms with Gasteiger partial charge in [0.2, 0.25) is 5.78 Å². The van der Waals surface area contributed by atoms with Crippen LogP contribution in [-0.4, -0.2) is 15.2 Å². The monoisotopic (exact) mass is 354 g/mol. The second-order valence-electron chi connectivity index (χ2n) is 5.08. The van der Waals surface area contributed by atoms with Crippen molar-refractivity contribution in [1.82, 2.24) is 9.38 Å². The molecule has 0 fully saturated rings. The summed E-state index contributed by atoms with van der Waals surface area (Å²) in [6.07, 6.45) is 6.68. The van der Waals surface area contributed by atoms with Gasteiger partial charge in [0.1, 0.15) is 0 Å². The number of fused-ring (bicyclic) bond motifs is 1. The predicted octanol–water partition coefficient (Wildman–Crippen LogP) is 5.21. The average Bonchev–Trinajstić information content (AvgIpc) is 3.31. The SMILES string of the molecule is O=C(C=Cc1c(-c2ccc(Cl)cc2)nc2sccn12)c1ccco1. The molecule has 4 rings (SSSR count). The van der Waals surface area contributed by atoms with Crippen LogP contribution < -0.4 is 0 Å². The Bertz CT molecular complexity index is 1030. The number of nitrogens with zero attached hydrogens (tertiary/aromatic N) is 2.